The molecule has 1 aliphatic carbocycles. The van der Waals surface area contributed by atoms with Crippen LogP contribution in [0.4, 0.5) is 0 Å². The molecule has 2 N–H and O–H groups in total. The fraction of sp³-hybridized carbons (Fsp3) is 0.667. The molecule has 0 spiro atoms. The molecule has 15 heavy (non-hydrogen) atoms. The van der Waals surface area contributed by atoms with Crippen molar-refractivity contribution in [1.29, 1.82) is 0 Å². The van der Waals surface area contributed by atoms with E-state index in [2.05, 4.69) is 30.7 Å². The van der Waals surface area contributed by atoms with Crippen LogP contribution in [0.3, 0.4) is 0 Å². The van der Waals surface area contributed by atoms with E-state index in [9.17, 15) is 0 Å². The van der Waals surface area contributed by atoms with Gasteiger partial charge in [-0.3, -0.25) is 0 Å². The molecular formula is C12H19N3. The molecule has 1 aromatic rings. The second kappa shape index (κ2) is 3.56. The molecule has 82 valence electrons. The molecule has 0 radical (unpaired) electrons. The second-order valence-corrected chi connectivity index (χ2v) is 5.29. The fourth-order valence-electron chi connectivity index (χ4n) is 2.11. The van der Waals surface area contributed by atoms with Gasteiger partial charge in [-0.1, -0.05) is 13.8 Å². The standard InChI is InChI=1S/C12H19N3/c1-8(2)10-6-14-11(15-7-10)9-4-12(3,13)5-9/h6-9H,4-5,13H2,1-3H3. The third kappa shape index (κ3) is 2.17. The fourth-order valence-corrected chi connectivity index (χ4v) is 2.11. The van der Waals surface area contributed by atoms with E-state index in [0.29, 0.717) is 11.8 Å². The molecule has 0 saturated heterocycles. The number of aromatic nitrogens is 2. The Balaban J connectivity index is 2.06. The third-order valence-corrected chi connectivity index (χ3v) is 3.15. The van der Waals surface area contributed by atoms with Crippen molar-refractivity contribution in [2.75, 3.05) is 0 Å². The molecule has 1 aliphatic rings. The maximum Gasteiger partial charge on any atom is 0.131 e. The first-order valence-electron chi connectivity index (χ1n) is 5.59. The van der Waals surface area contributed by atoms with E-state index >= 15 is 0 Å². The van der Waals surface area contributed by atoms with Crippen molar-refractivity contribution in [3.05, 3.63) is 23.8 Å². The van der Waals surface area contributed by atoms with Gasteiger partial charge in [0.15, 0.2) is 0 Å². The normalized spacial score (nSPS) is 30.3. The van der Waals surface area contributed by atoms with Crippen molar-refractivity contribution in [2.24, 2.45) is 5.73 Å². The molecule has 1 saturated carbocycles. The first-order valence-corrected chi connectivity index (χ1v) is 5.59. The van der Waals surface area contributed by atoms with E-state index in [-0.39, 0.29) is 5.54 Å². The lowest BCUT2D eigenvalue weighted by Gasteiger charge is -2.41. The number of hydrogen-bond acceptors (Lipinski definition) is 3. The van der Waals surface area contributed by atoms with E-state index in [1.807, 2.05) is 12.4 Å². The van der Waals surface area contributed by atoms with Crippen LogP contribution in [0.1, 0.15) is 56.8 Å². The molecule has 0 atom stereocenters. The summed E-state index contributed by atoms with van der Waals surface area (Å²) in [5, 5.41) is 0. The van der Waals surface area contributed by atoms with Gasteiger partial charge in [-0.15, -0.1) is 0 Å². The molecular weight excluding hydrogens is 186 g/mol. The Kier molecular flexibility index (Phi) is 2.51. The van der Waals surface area contributed by atoms with Crippen LogP contribution in [-0.2, 0) is 0 Å². The molecule has 0 unspecified atom stereocenters. The summed E-state index contributed by atoms with van der Waals surface area (Å²) in [6.07, 6.45) is 5.90. The largest absolute Gasteiger partial charge is 0.325 e. The lowest BCUT2D eigenvalue weighted by molar-refractivity contribution is 0.222. The number of rotatable bonds is 2. The van der Waals surface area contributed by atoms with Gasteiger partial charge >= 0.3 is 0 Å². The predicted molar refractivity (Wildman–Crippen MR) is 60.7 cm³/mol. The van der Waals surface area contributed by atoms with Crippen LogP contribution < -0.4 is 5.73 Å². The molecule has 2 rings (SSSR count). The average molecular weight is 205 g/mol. The molecule has 0 aromatic carbocycles. The van der Waals surface area contributed by atoms with Crippen molar-refractivity contribution >= 4 is 0 Å². The Bertz CT molecular complexity index is 332. The minimum Gasteiger partial charge on any atom is -0.325 e. The summed E-state index contributed by atoms with van der Waals surface area (Å²) >= 11 is 0. The van der Waals surface area contributed by atoms with E-state index in [1.165, 1.54) is 5.56 Å². The Hall–Kier alpha value is -0.960. The summed E-state index contributed by atoms with van der Waals surface area (Å²) < 4.78 is 0. The summed E-state index contributed by atoms with van der Waals surface area (Å²) in [7, 11) is 0. The van der Waals surface area contributed by atoms with Gasteiger partial charge in [0, 0.05) is 23.9 Å². The zero-order valence-electron chi connectivity index (χ0n) is 9.70. The van der Waals surface area contributed by atoms with Crippen molar-refractivity contribution in [3.63, 3.8) is 0 Å². The van der Waals surface area contributed by atoms with Crippen LogP contribution in [0.25, 0.3) is 0 Å². The van der Waals surface area contributed by atoms with Crippen molar-refractivity contribution < 1.29 is 0 Å². The molecule has 3 heteroatoms. The van der Waals surface area contributed by atoms with Crippen LogP contribution in [0.2, 0.25) is 0 Å². The van der Waals surface area contributed by atoms with Gasteiger partial charge in [0.25, 0.3) is 0 Å². The zero-order chi connectivity index (χ0) is 11.1. The minimum absolute atomic E-state index is 0.00471. The van der Waals surface area contributed by atoms with Crippen LogP contribution in [0.5, 0.6) is 0 Å². The first kappa shape index (κ1) is 10.6. The lowest BCUT2D eigenvalue weighted by Crippen LogP contribution is -2.48. The van der Waals surface area contributed by atoms with Gasteiger partial charge < -0.3 is 5.73 Å². The predicted octanol–water partition coefficient (Wildman–Crippen LogP) is 2.19. The smallest absolute Gasteiger partial charge is 0.131 e. The summed E-state index contributed by atoms with van der Waals surface area (Å²) in [5.41, 5.74) is 7.18. The maximum atomic E-state index is 5.97. The summed E-state index contributed by atoms with van der Waals surface area (Å²) in [6, 6.07) is 0. The van der Waals surface area contributed by atoms with Crippen LogP contribution in [0, 0.1) is 0 Å². The first-order chi connectivity index (χ1) is 6.98. The Morgan fingerprint density at radius 1 is 1.33 bits per heavy atom. The third-order valence-electron chi connectivity index (χ3n) is 3.15. The van der Waals surface area contributed by atoms with E-state index in [4.69, 9.17) is 5.73 Å². The van der Waals surface area contributed by atoms with Crippen molar-refractivity contribution in [3.8, 4) is 0 Å². The second-order valence-electron chi connectivity index (χ2n) is 5.29. The topological polar surface area (TPSA) is 51.8 Å². The number of nitrogens with zero attached hydrogens (tertiary/aromatic N) is 2. The number of nitrogens with two attached hydrogens (primary N) is 1. The Morgan fingerprint density at radius 3 is 2.27 bits per heavy atom. The van der Waals surface area contributed by atoms with Crippen molar-refractivity contribution in [1.82, 2.24) is 9.97 Å². The lowest BCUT2D eigenvalue weighted by atomic mass is 9.70. The van der Waals surface area contributed by atoms with E-state index in [0.717, 1.165) is 18.7 Å². The highest BCUT2D eigenvalue weighted by Gasteiger charge is 2.39. The Labute approximate surface area is 91.1 Å². The van der Waals surface area contributed by atoms with Gasteiger partial charge in [0.1, 0.15) is 5.82 Å². The van der Waals surface area contributed by atoms with Crippen molar-refractivity contribution in [2.45, 2.75) is 51.0 Å². The minimum atomic E-state index is 0.00471. The molecule has 0 bridgehead atoms. The molecule has 1 aromatic heterocycles. The maximum absolute atomic E-state index is 5.97. The summed E-state index contributed by atoms with van der Waals surface area (Å²) in [6.45, 7) is 6.39. The SMILES string of the molecule is CC(C)c1cnc(C2CC(C)(N)C2)nc1. The van der Waals surface area contributed by atoms with Gasteiger partial charge in [-0.05, 0) is 31.2 Å². The van der Waals surface area contributed by atoms with Crippen LogP contribution in [0.15, 0.2) is 12.4 Å². The van der Waals surface area contributed by atoms with E-state index in [1.54, 1.807) is 0 Å². The van der Waals surface area contributed by atoms with E-state index < -0.39 is 0 Å². The van der Waals surface area contributed by atoms with Gasteiger partial charge in [0.05, 0.1) is 0 Å². The molecule has 1 heterocycles. The van der Waals surface area contributed by atoms with Crippen LogP contribution >= 0.6 is 0 Å². The van der Waals surface area contributed by atoms with Crippen LogP contribution in [-0.4, -0.2) is 15.5 Å². The van der Waals surface area contributed by atoms with Gasteiger partial charge in [-0.2, -0.15) is 0 Å². The van der Waals surface area contributed by atoms with Gasteiger partial charge in [0.2, 0.25) is 0 Å². The summed E-state index contributed by atoms with van der Waals surface area (Å²) in [4.78, 5) is 8.84. The highest BCUT2D eigenvalue weighted by molar-refractivity contribution is 5.15. The molecule has 0 amide bonds. The molecule has 3 nitrogen and oxygen atoms in total. The quantitative estimate of drug-likeness (QED) is 0.805. The average Bonchev–Trinajstić information content (AvgIpc) is 2.14. The number of hydrogen-bond donors (Lipinski definition) is 1. The monoisotopic (exact) mass is 205 g/mol. The van der Waals surface area contributed by atoms with Gasteiger partial charge in [-0.25, -0.2) is 9.97 Å². The molecule has 0 aliphatic heterocycles. The highest BCUT2D eigenvalue weighted by Crippen LogP contribution is 2.41. The Morgan fingerprint density at radius 2 is 1.87 bits per heavy atom. The molecule has 1 fully saturated rings. The summed E-state index contributed by atoms with van der Waals surface area (Å²) in [5.74, 6) is 1.93. The highest BCUT2D eigenvalue weighted by atomic mass is 14.9. The zero-order valence-corrected chi connectivity index (χ0v) is 9.70.